The quantitative estimate of drug-likeness (QED) is 0.808. The maximum atomic E-state index is 9.54. The van der Waals surface area contributed by atoms with Crippen LogP contribution in [0.25, 0.3) is 6.08 Å². The first-order chi connectivity index (χ1) is 13.6. The van der Waals surface area contributed by atoms with E-state index in [1.165, 1.54) is 23.1 Å². The molecule has 1 fully saturated rings. The van der Waals surface area contributed by atoms with Gasteiger partial charge in [0.05, 0.1) is 13.7 Å². The molecule has 2 aliphatic rings. The highest BCUT2D eigenvalue weighted by atomic mass is 16.5. The number of hydrogen-bond donors (Lipinski definition) is 2. The highest BCUT2D eigenvalue weighted by Crippen LogP contribution is 2.40. The molecule has 0 bridgehead atoms. The first kappa shape index (κ1) is 19.2. The molecule has 3 N–H and O–H groups in total. The van der Waals surface area contributed by atoms with Gasteiger partial charge in [-0.15, -0.1) is 0 Å². The highest BCUT2D eigenvalue weighted by molar-refractivity contribution is 5.57. The van der Waals surface area contributed by atoms with Gasteiger partial charge in [-0.05, 0) is 73.1 Å². The zero-order valence-corrected chi connectivity index (χ0v) is 16.7. The Morgan fingerprint density at radius 2 is 2.04 bits per heavy atom. The third-order valence-corrected chi connectivity index (χ3v) is 6.61. The molecule has 0 amide bonds. The number of aliphatic hydroxyl groups is 1. The van der Waals surface area contributed by atoms with E-state index in [4.69, 9.17) is 10.5 Å². The summed E-state index contributed by atoms with van der Waals surface area (Å²) in [6.07, 6.45) is 10.9. The van der Waals surface area contributed by atoms with E-state index in [0.717, 1.165) is 43.4 Å². The number of benzene rings is 2. The molecular weight excluding hydrogens is 346 g/mol. The van der Waals surface area contributed by atoms with Crippen molar-refractivity contribution in [3.8, 4) is 5.75 Å². The van der Waals surface area contributed by atoms with Crippen molar-refractivity contribution in [3.63, 3.8) is 0 Å². The molecule has 0 unspecified atom stereocenters. The normalized spacial score (nSPS) is 27.1. The summed E-state index contributed by atoms with van der Waals surface area (Å²) in [6, 6.07) is 15.2. The Morgan fingerprint density at radius 1 is 1.18 bits per heavy atom. The number of ether oxygens (including phenoxy) is 1. The van der Waals surface area contributed by atoms with Crippen molar-refractivity contribution >= 4 is 6.08 Å². The minimum absolute atomic E-state index is 0.0919. The Hall–Kier alpha value is -2.10. The standard InChI is InChI=1S/C25H31NO2/c1-28-24-5-3-2-4-19(24)8-6-18-7-9-21-15-22(11-10-20(21)14-18)23-12-13-25(26,16-23)17-27/h2-6,8,10-11,15,18,23,27H,7,9,12-14,16-17,26H2,1H3/b8-6+/t18-,23+,25-/m1/s1. The molecule has 0 saturated heterocycles. The lowest BCUT2D eigenvalue weighted by Gasteiger charge is -2.25. The Kier molecular flexibility index (Phi) is 5.56. The van der Waals surface area contributed by atoms with Crippen LogP contribution in [0.4, 0.5) is 0 Å². The molecule has 1 saturated carbocycles. The summed E-state index contributed by atoms with van der Waals surface area (Å²) in [6.45, 7) is 0.0919. The molecule has 0 heterocycles. The van der Waals surface area contributed by atoms with Gasteiger partial charge in [0.1, 0.15) is 5.75 Å². The number of fused-ring (bicyclic) bond motifs is 1. The Balaban J connectivity index is 1.44. The van der Waals surface area contributed by atoms with E-state index in [1.807, 2.05) is 12.1 Å². The van der Waals surface area contributed by atoms with Gasteiger partial charge in [-0.25, -0.2) is 0 Å². The number of aryl methyl sites for hydroxylation is 1. The van der Waals surface area contributed by atoms with Crippen molar-refractivity contribution in [2.45, 2.75) is 50.0 Å². The number of nitrogens with two attached hydrogens (primary N) is 1. The second-order valence-electron chi connectivity index (χ2n) is 8.59. The summed E-state index contributed by atoms with van der Waals surface area (Å²) in [7, 11) is 1.72. The highest BCUT2D eigenvalue weighted by Gasteiger charge is 2.36. The fourth-order valence-corrected chi connectivity index (χ4v) is 4.85. The lowest BCUT2D eigenvalue weighted by Crippen LogP contribution is -2.40. The molecule has 3 atom stereocenters. The van der Waals surface area contributed by atoms with Gasteiger partial charge in [-0.2, -0.15) is 0 Å². The van der Waals surface area contributed by atoms with Crippen LogP contribution in [-0.4, -0.2) is 24.4 Å². The van der Waals surface area contributed by atoms with Crippen LogP contribution in [0.5, 0.6) is 5.75 Å². The maximum absolute atomic E-state index is 9.54. The summed E-state index contributed by atoms with van der Waals surface area (Å²) in [5.74, 6) is 1.99. The second kappa shape index (κ2) is 8.10. The molecule has 0 aliphatic heterocycles. The minimum Gasteiger partial charge on any atom is -0.496 e. The van der Waals surface area contributed by atoms with Gasteiger partial charge >= 0.3 is 0 Å². The fraction of sp³-hybridized carbons (Fsp3) is 0.440. The van der Waals surface area contributed by atoms with E-state index in [1.54, 1.807) is 7.11 Å². The smallest absolute Gasteiger partial charge is 0.126 e. The van der Waals surface area contributed by atoms with E-state index in [2.05, 4.69) is 42.5 Å². The summed E-state index contributed by atoms with van der Waals surface area (Å²) >= 11 is 0. The zero-order valence-electron chi connectivity index (χ0n) is 16.7. The molecule has 2 aliphatic carbocycles. The van der Waals surface area contributed by atoms with Crippen LogP contribution in [-0.2, 0) is 12.8 Å². The minimum atomic E-state index is -0.380. The third kappa shape index (κ3) is 4.01. The molecule has 3 heteroatoms. The van der Waals surface area contributed by atoms with Crippen molar-refractivity contribution in [3.05, 3.63) is 70.8 Å². The van der Waals surface area contributed by atoms with Gasteiger partial charge in [-0.1, -0.05) is 48.6 Å². The average Bonchev–Trinajstić information content (AvgIpc) is 3.14. The summed E-state index contributed by atoms with van der Waals surface area (Å²) in [5, 5.41) is 9.54. The van der Waals surface area contributed by atoms with Crippen LogP contribution in [0.15, 0.2) is 48.5 Å². The van der Waals surface area contributed by atoms with Crippen LogP contribution in [0.3, 0.4) is 0 Å². The largest absolute Gasteiger partial charge is 0.496 e. The first-order valence-electron chi connectivity index (χ1n) is 10.4. The fourth-order valence-electron chi connectivity index (χ4n) is 4.85. The average molecular weight is 378 g/mol. The van der Waals surface area contributed by atoms with E-state index < -0.39 is 0 Å². The van der Waals surface area contributed by atoms with Crippen molar-refractivity contribution in [2.75, 3.05) is 13.7 Å². The van der Waals surface area contributed by atoms with E-state index >= 15 is 0 Å². The van der Waals surface area contributed by atoms with Gasteiger partial charge in [0, 0.05) is 11.1 Å². The first-order valence-corrected chi connectivity index (χ1v) is 10.4. The van der Waals surface area contributed by atoms with Crippen LogP contribution >= 0.6 is 0 Å². The van der Waals surface area contributed by atoms with Gasteiger partial charge < -0.3 is 15.6 Å². The molecule has 28 heavy (non-hydrogen) atoms. The molecule has 2 aromatic rings. The topological polar surface area (TPSA) is 55.5 Å². The lowest BCUT2D eigenvalue weighted by atomic mass is 9.81. The van der Waals surface area contributed by atoms with Gasteiger partial charge in [0.15, 0.2) is 0 Å². The Bertz CT molecular complexity index is 859. The Morgan fingerprint density at radius 3 is 2.82 bits per heavy atom. The van der Waals surface area contributed by atoms with Crippen molar-refractivity contribution in [1.29, 1.82) is 0 Å². The van der Waals surface area contributed by atoms with E-state index in [-0.39, 0.29) is 12.1 Å². The number of allylic oxidation sites excluding steroid dienone is 1. The molecule has 4 rings (SSSR count). The van der Waals surface area contributed by atoms with E-state index in [9.17, 15) is 5.11 Å². The summed E-state index contributed by atoms with van der Waals surface area (Å²) in [5.41, 5.74) is 11.4. The number of aliphatic hydroxyl groups excluding tert-OH is 1. The van der Waals surface area contributed by atoms with Crippen LogP contribution < -0.4 is 10.5 Å². The molecule has 148 valence electrons. The third-order valence-electron chi connectivity index (χ3n) is 6.61. The number of para-hydroxylation sites is 1. The lowest BCUT2D eigenvalue weighted by molar-refractivity contribution is 0.198. The maximum Gasteiger partial charge on any atom is 0.126 e. The van der Waals surface area contributed by atoms with Crippen LogP contribution in [0.1, 0.15) is 53.9 Å². The van der Waals surface area contributed by atoms with Crippen LogP contribution in [0, 0.1) is 5.92 Å². The summed E-state index contributed by atoms with van der Waals surface area (Å²) in [4.78, 5) is 0. The predicted octanol–water partition coefficient (Wildman–Crippen LogP) is 4.47. The van der Waals surface area contributed by atoms with Crippen LogP contribution in [0.2, 0.25) is 0 Å². The van der Waals surface area contributed by atoms with Crippen molar-refractivity contribution < 1.29 is 9.84 Å². The molecule has 3 nitrogen and oxygen atoms in total. The second-order valence-corrected chi connectivity index (χ2v) is 8.59. The summed E-state index contributed by atoms with van der Waals surface area (Å²) < 4.78 is 5.45. The van der Waals surface area contributed by atoms with Crippen molar-refractivity contribution in [2.24, 2.45) is 11.7 Å². The number of rotatable bonds is 5. The van der Waals surface area contributed by atoms with Crippen molar-refractivity contribution in [1.82, 2.24) is 0 Å². The molecule has 2 aromatic carbocycles. The number of hydrogen-bond acceptors (Lipinski definition) is 3. The monoisotopic (exact) mass is 377 g/mol. The van der Waals surface area contributed by atoms with Gasteiger partial charge in [0.2, 0.25) is 0 Å². The predicted molar refractivity (Wildman–Crippen MR) is 115 cm³/mol. The Labute approximate surface area is 168 Å². The SMILES string of the molecule is COc1ccccc1/C=C/[C@@H]1CCc2cc([C@H]3CC[C@](N)(CO)C3)ccc2C1. The van der Waals surface area contributed by atoms with Gasteiger partial charge in [-0.3, -0.25) is 0 Å². The molecule has 0 radical (unpaired) electrons. The number of methoxy groups -OCH3 is 1. The molecule has 0 spiro atoms. The molecular formula is C25H31NO2. The van der Waals surface area contributed by atoms with Gasteiger partial charge in [0.25, 0.3) is 0 Å². The van der Waals surface area contributed by atoms with E-state index in [0.29, 0.717) is 11.8 Å². The molecule has 0 aromatic heterocycles. The zero-order chi connectivity index (χ0) is 19.6.